The fourth-order valence-electron chi connectivity index (χ4n) is 2.56. The van der Waals surface area contributed by atoms with Gasteiger partial charge < -0.3 is 4.74 Å². The van der Waals surface area contributed by atoms with Gasteiger partial charge >= 0.3 is 0 Å². The Hall–Kier alpha value is -1.99. The fourth-order valence-corrected chi connectivity index (χ4v) is 2.83. The van der Waals surface area contributed by atoms with Gasteiger partial charge in [-0.1, -0.05) is 67.2 Å². The molecule has 0 aliphatic carbocycles. The van der Waals surface area contributed by atoms with Gasteiger partial charge in [-0.05, 0) is 17.2 Å². The molecule has 0 saturated heterocycles. The number of halogens is 1. The Morgan fingerprint density at radius 3 is 2.60 bits per heavy atom. The lowest BCUT2D eigenvalue weighted by atomic mass is 9.96. The summed E-state index contributed by atoms with van der Waals surface area (Å²) in [5, 5.41) is 0.725. The van der Waals surface area contributed by atoms with Crippen LogP contribution in [0.25, 0.3) is 11.3 Å². The molecule has 0 radical (unpaired) electrons. The monoisotopic (exact) mass is 282 g/mol. The number of fused-ring (bicyclic) bond motifs is 1. The van der Waals surface area contributed by atoms with Crippen molar-refractivity contribution in [3.63, 3.8) is 0 Å². The average Bonchev–Trinajstić information content (AvgIpc) is 2.76. The maximum Gasteiger partial charge on any atom is 0.128 e. The molecule has 2 aromatic rings. The topological polar surface area (TPSA) is 9.23 Å². The Bertz CT molecular complexity index is 687. The van der Waals surface area contributed by atoms with Crippen LogP contribution >= 0.6 is 11.6 Å². The lowest BCUT2D eigenvalue weighted by Crippen LogP contribution is -1.97. The highest BCUT2D eigenvalue weighted by molar-refractivity contribution is 6.32. The lowest BCUT2D eigenvalue weighted by molar-refractivity contribution is 0.195. The Labute approximate surface area is 124 Å². The van der Waals surface area contributed by atoms with E-state index in [2.05, 4.69) is 19.2 Å². The van der Waals surface area contributed by atoms with Gasteiger partial charge in [0.1, 0.15) is 11.9 Å². The summed E-state index contributed by atoms with van der Waals surface area (Å²) in [4.78, 5) is 0. The third-order valence-electron chi connectivity index (χ3n) is 3.58. The molecule has 0 saturated carbocycles. The van der Waals surface area contributed by atoms with Gasteiger partial charge in [0.2, 0.25) is 0 Å². The average molecular weight is 283 g/mol. The molecule has 1 aliphatic heterocycles. The van der Waals surface area contributed by atoms with E-state index in [0.29, 0.717) is 6.42 Å². The molecule has 1 heterocycles. The van der Waals surface area contributed by atoms with Gasteiger partial charge in [-0.25, -0.2) is 0 Å². The highest BCUT2D eigenvalue weighted by Gasteiger charge is 2.27. The number of hydrogen-bond donors (Lipinski definition) is 0. The summed E-state index contributed by atoms with van der Waals surface area (Å²) in [6.07, 6.45) is 0.683. The van der Waals surface area contributed by atoms with Gasteiger partial charge in [-0.2, -0.15) is 0 Å². The van der Waals surface area contributed by atoms with E-state index in [1.807, 2.05) is 42.5 Å². The van der Waals surface area contributed by atoms with Crippen molar-refractivity contribution >= 4 is 22.9 Å². The zero-order chi connectivity index (χ0) is 14.1. The molecule has 2 aromatic carbocycles. The Kier molecular flexibility index (Phi) is 3.37. The zero-order valence-electron chi connectivity index (χ0n) is 11.1. The van der Waals surface area contributed by atoms with Crippen LogP contribution in [0.4, 0.5) is 0 Å². The standard InChI is InChI=1S/C18H15ClO/c1-12(14-7-5-6-10-17(14)19)11-18-16-9-4-3-8-15(16)13(2)20-18/h3-10,18H,1-2,11H2. The minimum atomic E-state index is -0.0255. The molecule has 1 atom stereocenters. The SMILES string of the molecule is C=C(CC1OC(=C)c2ccccc21)c1ccccc1Cl. The second-order valence-electron chi connectivity index (χ2n) is 4.90. The molecule has 20 heavy (non-hydrogen) atoms. The van der Waals surface area contributed by atoms with Gasteiger partial charge in [-0.3, -0.25) is 0 Å². The molecule has 0 fully saturated rings. The van der Waals surface area contributed by atoms with Crippen LogP contribution < -0.4 is 0 Å². The van der Waals surface area contributed by atoms with Gasteiger partial charge in [0.15, 0.2) is 0 Å². The maximum atomic E-state index is 6.21. The normalized spacial score (nSPS) is 16.6. The van der Waals surface area contributed by atoms with Gasteiger partial charge in [0.05, 0.1) is 0 Å². The first kappa shape index (κ1) is 13.0. The number of ether oxygens (including phenoxy) is 1. The van der Waals surface area contributed by atoms with Crippen molar-refractivity contribution in [2.75, 3.05) is 0 Å². The molecule has 0 amide bonds. The van der Waals surface area contributed by atoms with Crippen molar-refractivity contribution < 1.29 is 4.74 Å². The predicted octanol–water partition coefficient (Wildman–Crippen LogP) is 5.49. The molecule has 1 aliphatic rings. The summed E-state index contributed by atoms with van der Waals surface area (Å²) < 4.78 is 5.87. The Morgan fingerprint density at radius 1 is 1.10 bits per heavy atom. The molecule has 100 valence electrons. The van der Waals surface area contributed by atoms with Crippen LogP contribution in [0, 0.1) is 0 Å². The summed E-state index contributed by atoms with van der Waals surface area (Å²) in [7, 11) is 0. The molecule has 1 nitrogen and oxygen atoms in total. The minimum Gasteiger partial charge on any atom is -0.485 e. The first-order valence-electron chi connectivity index (χ1n) is 6.54. The van der Waals surface area contributed by atoms with Crippen LogP contribution in [-0.4, -0.2) is 0 Å². The van der Waals surface area contributed by atoms with Gasteiger partial charge in [0.25, 0.3) is 0 Å². The Balaban J connectivity index is 1.85. The predicted molar refractivity (Wildman–Crippen MR) is 84.4 cm³/mol. The van der Waals surface area contributed by atoms with Crippen molar-refractivity contribution in [2.45, 2.75) is 12.5 Å². The second kappa shape index (κ2) is 5.18. The van der Waals surface area contributed by atoms with Crippen molar-refractivity contribution in [1.82, 2.24) is 0 Å². The maximum absolute atomic E-state index is 6.21. The third-order valence-corrected chi connectivity index (χ3v) is 3.91. The largest absolute Gasteiger partial charge is 0.485 e. The molecule has 3 rings (SSSR count). The number of rotatable bonds is 3. The van der Waals surface area contributed by atoms with Gasteiger partial charge in [-0.15, -0.1) is 0 Å². The molecule has 0 N–H and O–H groups in total. The fraction of sp³-hybridized carbons (Fsp3) is 0.111. The summed E-state index contributed by atoms with van der Waals surface area (Å²) >= 11 is 6.21. The van der Waals surface area contributed by atoms with E-state index in [1.165, 1.54) is 5.56 Å². The van der Waals surface area contributed by atoms with Crippen LogP contribution in [0.2, 0.25) is 5.02 Å². The van der Waals surface area contributed by atoms with Crippen molar-refractivity contribution in [3.8, 4) is 0 Å². The lowest BCUT2D eigenvalue weighted by Gasteiger charge is -2.14. The second-order valence-corrected chi connectivity index (χ2v) is 5.31. The van der Waals surface area contributed by atoms with E-state index in [1.54, 1.807) is 0 Å². The highest BCUT2D eigenvalue weighted by atomic mass is 35.5. The third kappa shape index (κ3) is 2.25. The smallest absolute Gasteiger partial charge is 0.128 e. The van der Waals surface area contributed by atoms with Crippen LogP contribution in [0.3, 0.4) is 0 Å². The summed E-state index contributed by atoms with van der Waals surface area (Å²) in [5.74, 6) is 0.734. The number of hydrogen-bond acceptors (Lipinski definition) is 1. The van der Waals surface area contributed by atoms with Crippen molar-refractivity contribution in [3.05, 3.63) is 83.4 Å². The molecule has 1 unspecified atom stereocenters. The molecule has 2 heteroatoms. The highest BCUT2D eigenvalue weighted by Crippen LogP contribution is 2.42. The van der Waals surface area contributed by atoms with Crippen molar-refractivity contribution in [1.29, 1.82) is 0 Å². The van der Waals surface area contributed by atoms with Gasteiger partial charge in [0, 0.05) is 22.6 Å². The van der Waals surface area contributed by atoms with E-state index in [-0.39, 0.29) is 6.10 Å². The molecule has 0 aromatic heterocycles. The van der Waals surface area contributed by atoms with Crippen LogP contribution in [0.1, 0.15) is 29.2 Å². The Morgan fingerprint density at radius 2 is 1.80 bits per heavy atom. The molecular formula is C18H15ClO. The summed E-state index contributed by atoms with van der Waals surface area (Å²) in [6.45, 7) is 8.12. The van der Waals surface area contributed by atoms with E-state index in [4.69, 9.17) is 16.3 Å². The quantitative estimate of drug-likeness (QED) is 0.724. The summed E-state index contributed by atoms with van der Waals surface area (Å²) in [6, 6.07) is 15.9. The van der Waals surface area contributed by atoms with Crippen molar-refractivity contribution in [2.24, 2.45) is 0 Å². The number of benzene rings is 2. The van der Waals surface area contributed by atoms with Crippen LogP contribution in [0.5, 0.6) is 0 Å². The van der Waals surface area contributed by atoms with E-state index in [9.17, 15) is 0 Å². The minimum absolute atomic E-state index is 0.0255. The first-order chi connectivity index (χ1) is 9.66. The van der Waals surface area contributed by atoms with E-state index < -0.39 is 0 Å². The van der Waals surface area contributed by atoms with E-state index >= 15 is 0 Å². The van der Waals surface area contributed by atoms with Crippen LogP contribution in [0.15, 0.2) is 61.7 Å². The molecule has 0 bridgehead atoms. The van der Waals surface area contributed by atoms with E-state index in [0.717, 1.165) is 27.5 Å². The van der Waals surface area contributed by atoms with Crippen LogP contribution in [-0.2, 0) is 4.74 Å². The molecule has 0 spiro atoms. The zero-order valence-corrected chi connectivity index (χ0v) is 11.9. The molecular weight excluding hydrogens is 268 g/mol. The first-order valence-corrected chi connectivity index (χ1v) is 6.92. The summed E-state index contributed by atoms with van der Waals surface area (Å²) in [5.41, 5.74) is 4.22.